The fourth-order valence-corrected chi connectivity index (χ4v) is 4.58. The predicted octanol–water partition coefficient (Wildman–Crippen LogP) is 4.56. The van der Waals surface area contributed by atoms with Gasteiger partial charge in [-0.05, 0) is 52.3 Å². The Morgan fingerprint density at radius 1 is 0.714 bits per heavy atom. The van der Waals surface area contributed by atoms with Gasteiger partial charge < -0.3 is 0 Å². The highest BCUT2D eigenvalue weighted by molar-refractivity contribution is 7.25. The molecule has 0 unspecified atom stereocenters. The summed E-state index contributed by atoms with van der Waals surface area (Å²) in [6, 6.07) is 18.0. The third-order valence-corrected chi connectivity index (χ3v) is 5.61. The number of fused-ring (bicyclic) bond motifs is 6. The molecule has 0 atom stereocenters. The van der Waals surface area contributed by atoms with Crippen molar-refractivity contribution in [3.8, 4) is 0 Å². The van der Waals surface area contributed by atoms with Crippen molar-refractivity contribution < 1.29 is 0 Å². The number of rotatable bonds is 0. The van der Waals surface area contributed by atoms with Crippen molar-refractivity contribution in [3.05, 3.63) is 59.0 Å². The summed E-state index contributed by atoms with van der Waals surface area (Å²) in [5.41, 5.74) is 0. The maximum Gasteiger partial charge on any atom is 0.0362 e. The van der Waals surface area contributed by atoms with E-state index in [1.165, 1.54) is 47.8 Å². The maximum atomic E-state index is 2.40. The molecule has 21 heavy (non-hydrogen) atoms. The molecule has 1 heterocycles. The molecule has 0 fully saturated rings. The fraction of sp³-hybridized carbons (Fsp3) is 0.100. The van der Waals surface area contributed by atoms with Crippen LogP contribution in [0.25, 0.3) is 43.1 Å². The van der Waals surface area contributed by atoms with E-state index in [0.29, 0.717) is 0 Å². The van der Waals surface area contributed by atoms with Gasteiger partial charge in [0.2, 0.25) is 0 Å². The van der Waals surface area contributed by atoms with Crippen molar-refractivity contribution in [2.24, 2.45) is 0 Å². The lowest BCUT2D eigenvalue weighted by Crippen LogP contribution is -2.26. The average molecular weight is 286 g/mol. The largest absolute Gasteiger partial charge is 0.135 e. The first kappa shape index (κ1) is 11.5. The second-order valence-corrected chi connectivity index (χ2v) is 6.81. The molecule has 0 nitrogen and oxygen atoms in total. The lowest BCUT2D eigenvalue weighted by molar-refractivity contribution is 1.12. The Morgan fingerprint density at radius 3 is 2.62 bits per heavy atom. The molecule has 5 rings (SSSR count). The summed E-state index contributed by atoms with van der Waals surface area (Å²) in [5, 5.41) is 8.36. The van der Waals surface area contributed by atoms with Gasteiger partial charge >= 0.3 is 0 Å². The van der Waals surface area contributed by atoms with E-state index in [-0.39, 0.29) is 0 Å². The van der Waals surface area contributed by atoms with Gasteiger partial charge in [0.15, 0.2) is 0 Å². The number of hydrogen-bond donors (Lipinski definition) is 0. The van der Waals surface area contributed by atoms with Crippen molar-refractivity contribution >= 4 is 54.4 Å². The number of hydrogen-bond acceptors (Lipinski definition) is 1. The van der Waals surface area contributed by atoms with Gasteiger partial charge in [0.25, 0.3) is 0 Å². The van der Waals surface area contributed by atoms with Gasteiger partial charge in [-0.2, -0.15) is 0 Å². The standard InChI is InChI=1S/C20H14S/c1-2-6-15-13(5-1)9-10-14-11-18-16-7-3-4-8-19(16)21-20(18)12-17(14)15/h3-12H,1-2H2. The molecule has 0 saturated heterocycles. The Labute approximate surface area is 126 Å². The molecule has 0 amide bonds. The Hall–Kier alpha value is -2.12. The summed E-state index contributed by atoms with van der Waals surface area (Å²) in [5.74, 6) is 0. The smallest absolute Gasteiger partial charge is 0.0362 e. The van der Waals surface area contributed by atoms with Gasteiger partial charge in [-0.3, -0.25) is 0 Å². The van der Waals surface area contributed by atoms with Gasteiger partial charge in [0.05, 0.1) is 0 Å². The molecule has 1 aliphatic rings. The van der Waals surface area contributed by atoms with Crippen molar-refractivity contribution in [2.45, 2.75) is 12.8 Å². The first-order valence-corrected chi connectivity index (χ1v) is 8.26. The SMILES string of the molecule is C1=c2ccc3cc4c(cc3c2=CCC1)sc1ccccc14. The maximum absolute atomic E-state index is 2.40. The zero-order chi connectivity index (χ0) is 13.8. The zero-order valence-corrected chi connectivity index (χ0v) is 12.4. The Morgan fingerprint density at radius 2 is 1.62 bits per heavy atom. The van der Waals surface area contributed by atoms with E-state index in [2.05, 4.69) is 60.7 Å². The molecule has 1 aliphatic carbocycles. The zero-order valence-electron chi connectivity index (χ0n) is 11.6. The molecule has 0 bridgehead atoms. The first-order chi connectivity index (χ1) is 10.4. The first-order valence-electron chi connectivity index (χ1n) is 7.44. The second-order valence-electron chi connectivity index (χ2n) is 5.72. The van der Waals surface area contributed by atoms with Crippen molar-refractivity contribution in [3.63, 3.8) is 0 Å². The molecule has 3 aromatic carbocycles. The summed E-state index contributed by atoms with van der Waals surface area (Å²) < 4.78 is 2.78. The average Bonchev–Trinajstić information content (AvgIpc) is 2.90. The molecule has 0 N–H and O–H groups in total. The van der Waals surface area contributed by atoms with Crippen LogP contribution in [0.5, 0.6) is 0 Å². The van der Waals surface area contributed by atoms with Crippen LogP contribution in [0.3, 0.4) is 0 Å². The van der Waals surface area contributed by atoms with Gasteiger partial charge in [0.1, 0.15) is 0 Å². The van der Waals surface area contributed by atoms with E-state index in [0.717, 1.165) is 6.42 Å². The lowest BCUT2D eigenvalue weighted by atomic mass is 9.99. The summed E-state index contributed by atoms with van der Waals surface area (Å²) in [6.07, 6.45) is 7.10. The van der Waals surface area contributed by atoms with Gasteiger partial charge in [-0.1, -0.05) is 42.5 Å². The van der Waals surface area contributed by atoms with Crippen molar-refractivity contribution in [1.82, 2.24) is 0 Å². The molecule has 4 aromatic rings. The number of thiophene rings is 1. The van der Waals surface area contributed by atoms with Gasteiger partial charge in [-0.15, -0.1) is 11.3 Å². The van der Waals surface area contributed by atoms with E-state index in [1.54, 1.807) is 0 Å². The normalized spacial score (nSPS) is 14.1. The highest BCUT2D eigenvalue weighted by Crippen LogP contribution is 2.35. The van der Waals surface area contributed by atoms with E-state index in [9.17, 15) is 0 Å². The van der Waals surface area contributed by atoms with Crippen LogP contribution in [0.15, 0.2) is 48.5 Å². The van der Waals surface area contributed by atoms with Crippen LogP contribution in [-0.2, 0) is 0 Å². The van der Waals surface area contributed by atoms with E-state index in [1.807, 2.05) is 11.3 Å². The van der Waals surface area contributed by atoms with Crippen LogP contribution in [-0.4, -0.2) is 0 Å². The Kier molecular flexibility index (Phi) is 2.30. The Balaban J connectivity index is 2.04. The summed E-state index contributed by atoms with van der Waals surface area (Å²) in [7, 11) is 0. The second kappa shape index (κ2) is 4.19. The third-order valence-electron chi connectivity index (χ3n) is 4.47. The minimum absolute atomic E-state index is 1.16. The molecule has 100 valence electrons. The summed E-state index contributed by atoms with van der Waals surface area (Å²) >= 11 is 1.90. The minimum Gasteiger partial charge on any atom is -0.135 e. The Bertz CT molecular complexity index is 1130. The van der Waals surface area contributed by atoms with Gasteiger partial charge in [0, 0.05) is 20.2 Å². The predicted molar refractivity (Wildman–Crippen MR) is 94.3 cm³/mol. The molecule has 0 aliphatic heterocycles. The fourth-order valence-electron chi connectivity index (χ4n) is 3.46. The van der Waals surface area contributed by atoms with Crippen LogP contribution in [0.1, 0.15) is 12.8 Å². The van der Waals surface area contributed by atoms with Crippen molar-refractivity contribution in [2.75, 3.05) is 0 Å². The van der Waals surface area contributed by atoms with Crippen LogP contribution in [0.2, 0.25) is 0 Å². The summed E-state index contributed by atoms with van der Waals surface area (Å²) in [6.45, 7) is 0. The lowest BCUT2D eigenvalue weighted by Gasteiger charge is -2.05. The van der Waals surface area contributed by atoms with E-state index in [4.69, 9.17) is 0 Å². The molecule has 0 radical (unpaired) electrons. The minimum atomic E-state index is 1.16. The summed E-state index contributed by atoms with van der Waals surface area (Å²) in [4.78, 5) is 0. The highest BCUT2D eigenvalue weighted by atomic mass is 32.1. The third kappa shape index (κ3) is 1.61. The molecule has 1 heteroatoms. The molecule has 0 saturated carbocycles. The van der Waals surface area contributed by atoms with Crippen LogP contribution in [0, 0.1) is 0 Å². The molecule has 1 aromatic heterocycles. The quantitative estimate of drug-likeness (QED) is 0.444. The highest BCUT2D eigenvalue weighted by Gasteiger charge is 2.07. The number of benzene rings is 3. The van der Waals surface area contributed by atoms with E-state index < -0.39 is 0 Å². The van der Waals surface area contributed by atoms with Crippen LogP contribution >= 0.6 is 11.3 Å². The monoisotopic (exact) mass is 286 g/mol. The topological polar surface area (TPSA) is 0 Å². The van der Waals surface area contributed by atoms with Crippen LogP contribution < -0.4 is 10.4 Å². The molecule has 0 spiro atoms. The molecular weight excluding hydrogens is 272 g/mol. The van der Waals surface area contributed by atoms with Crippen molar-refractivity contribution in [1.29, 1.82) is 0 Å². The van der Waals surface area contributed by atoms with Crippen LogP contribution in [0.4, 0.5) is 0 Å². The van der Waals surface area contributed by atoms with E-state index >= 15 is 0 Å². The molecular formula is C20H14S. The van der Waals surface area contributed by atoms with Gasteiger partial charge in [-0.25, -0.2) is 0 Å².